The number of halogens is 5. The second-order valence-corrected chi connectivity index (χ2v) is 9.61. The molecule has 1 N–H and O–H groups in total. The summed E-state index contributed by atoms with van der Waals surface area (Å²) >= 11 is 8.90. The quantitative estimate of drug-likeness (QED) is 0.285. The Kier molecular flexibility index (Phi) is 7.10. The Labute approximate surface area is 184 Å². The van der Waals surface area contributed by atoms with E-state index < -0.39 is 17.6 Å². The van der Waals surface area contributed by atoms with E-state index in [1.807, 2.05) is 24.3 Å². The predicted octanol–water partition coefficient (Wildman–Crippen LogP) is 6.40. The van der Waals surface area contributed by atoms with Gasteiger partial charge in [-0.25, -0.2) is 4.21 Å². The van der Waals surface area contributed by atoms with Crippen LogP contribution in [0.2, 0.25) is 5.02 Å². The van der Waals surface area contributed by atoms with Crippen LogP contribution < -0.4 is 9.04 Å². The second kappa shape index (κ2) is 9.22. The molecule has 0 aliphatic heterocycles. The molecular weight excluding hydrogens is 515 g/mol. The van der Waals surface area contributed by atoms with Crippen LogP contribution in [0.3, 0.4) is 0 Å². The molecule has 0 saturated heterocycles. The predicted molar refractivity (Wildman–Crippen MR) is 114 cm³/mol. The van der Waals surface area contributed by atoms with Gasteiger partial charge in [0.15, 0.2) is 0 Å². The van der Waals surface area contributed by atoms with E-state index in [2.05, 4.69) is 20.7 Å². The first-order chi connectivity index (χ1) is 13.6. The minimum atomic E-state index is -4.74. The van der Waals surface area contributed by atoms with Gasteiger partial charge in [-0.2, -0.15) is 0 Å². The number of hydrogen-bond donors (Lipinski definition) is 1. The van der Waals surface area contributed by atoms with Gasteiger partial charge in [0.1, 0.15) is 10.8 Å². The zero-order chi connectivity index (χ0) is 21.2. The van der Waals surface area contributed by atoms with Crippen LogP contribution in [0.5, 0.6) is 5.75 Å². The Morgan fingerprint density at radius 3 is 2.45 bits per heavy atom. The van der Waals surface area contributed by atoms with Crippen LogP contribution in [0.25, 0.3) is 10.1 Å². The highest BCUT2D eigenvalue weighted by Crippen LogP contribution is 2.42. The summed E-state index contributed by atoms with van der Waals surface area (Å²) in [5, 5.41) is 1.68. The molecule has 2 aromatic carbocycles. The van der Waals surface area contributed by atoms with Crippen molar-refractivity contribution in [2.24, 2.45) is 0 Å². The molecule has 2 atom stereocenters. The first-order valence-corrected chi connectivity index (χ1v) is 11.4. The van der Waals surface area contributed by atoms with Gasteiger partial charge in [0, 0.05) is 21.5 Å². The summed E-state index contributed by atoms with van der Waals surface area (Å²) < 4.78 is 64.5. The number of rotatable bonds is 7. The average molecular weight is 529 g/mol. The third-order valence-corrected chi connectivity index (χ3v) is 7.04. The zero-order valence-corrected chi connectivity index (χ0v) is 18.5. The Hall–Kier alpha value is -1.33. The third-order valence-electron chi connectivity index (χ3n) is 3.91. The molecule has 0 fully saturated rings. The minimum Gasteiger partial charge on any atom is -0.406 e. The molecule has 11 heteroatoms. The van der Waals surface area contributed by atoms with Crippen LogP contribution in [0.1, 0.15) is 5.56 Å². The van der Waals surface area contributed by atoms with Crippen LogP contribution in [0.4, 0.5) is 18.2 Å². The van der Waals surface area contributed by atoms with Gasteiger partial charge in [0.2, 0.25) is 0 Å². The first kappa shape index (κ1) is 22.4. The average Bonchev–Trinajstić information content (AvgIpc) is 2.97. The van der Waals surface area contributed by atoms with Crippen LogP contribution in [0.15, 0.2) is 48.5 Å². The van der Waals surface area contributed by atoms with Crippen molar-refractivity contribution in [2.45, 2.75) is 17.6 Å². The lowest BCUT2D eigenvalue weighted by Gasteiger charge is -2.22. The van der Waals surface area contributed by atoms with Gasteiger partial charge in [0.25, 0.3) is 11.3 Å². The smallest absolute Gasteiger partial charge is 0.406 e. The van der Waals surface area contributed by atoms with E-state index in [-0.39, 0.29) is 17.1 Å². The highest BCUT2D eigenvalue weighted by Gasteiger charge is 2.31. The molecule has 0 bridgehead atoms. The fraction of sp³-hybridized carbons (Fsp3) is 0.222. The van der Waals surface area contributed by atoms with Crippen molar-refractivity contribution >= 4 is 65.2 Å². The molecule has 0 spiro atoms. The van der Waals surface area contributed by atoms with Crippen LogP contribution >= 0.6 is 38.9 Å². The maximum atomic E-state index is 12.2. The van der Waals surface area contributed by atoms with Crippen molar-refractivity contribution in [3.63, 3.8) is 0 Å². The monoisotopic (exact) mass is 527 g/mol. The summed E-state index contributed by atoms with van der Waals surface area (Å²) in [4.78, 5) is -0.255. The SMILES string of the molecule is O=S(O)N(CC(Br)Cc1ccc(OC(F)(F)F)cc1)c1sc2ccccc2c1Cl. The van der Waals surface area contributed by atoms with Crippen LogP contribution in [-0.2, 0) is 17.7 Å². The zero-order valence-electron chi connectivity index (χ0n) is 14.5. The number of anilines is 1. The summed E-state index contributed by atoms with van der Waals surface area (Å²) in [6.45, 7) is 0.163. The first-order valence-electron chi connectivity index (χ1n) is 8.18. The number of hydrogen-bond acceptors (Lipinski definition) is 3. The van der Waals surface area contributed by atoms with E-state index in [0.717, 1.165) is 15.6 Å². The van der Waals surface area contributed by atoms with E-state index in [0.29, 0.717) is 16.4 Å². The molecule has 3 rings (SSSR count). The van der Waals surface area contributed by atoms with Gasteiger partial charge in [-0.15, -0.1) is 24.5 Å². The molecule has 4 nitrogen and oxygen atoms in total. The lowest BCUT2D eigenvalue weighted by atomic mass is 10.1. The van der Waals surface area contributed by atoms with Crippen molar-refractivity contribution in [1.29, 1.82) is 0 Å². The number of thiophene rings is 1. The molecule has 3 aromatic rings. The number of nitrogens with zero attached hydrogens (tertiary/aromatic N) is 1. The second-order valence-electron chi connectivity index (χ2n) is 6.00. The van der Waals surface area contributed by atoms with E-state index >= 15 is 0 Å². The van der Waals surface area contributed by atoms with Gasteiger partial charge >= 0.3 is 6.36 Å². The molecule has 29 heavy (non-hydrogen) atoms. The van der Waals surface area contributed by atoms with Crippen molar-refractivity contribution in [2.75, 3.05) is 10.8 Å². The number of ether oxygens (including phenoxy) is 1. The van der Waals surface area contributed by atoms with Crippen molar-refractivity contribution < 1.29 is 26.7 Å². The molecule has 2 unspecified atom stereocenters. The van der Waals surface area contributed by atoms with E-state index in [4.69, 9.17) is 11.6 Å². The summed E-state index contributed by atoms with van der Waals surface area (Å²) in [6, 6.07) is 12.9. The van der Waals surface area contributed by atoms with Gasteiger partial charge in [-0.3, -0.25) is 8.86 Å². The largest absolute Gasteiger partial charge is 0.573 e. The number of benzene rings is 2. The summed E-state index contributed by atoms with van der Waals surface area (Å²) in [7, 11) is 0. The third kappa shape index (κ3) is 5.85. The highest BCUT2D eigenvalue weighted by molar-refractivity contribution is 9.09. The molecular formula is C18H14BrClF3NO3S2. The summed E-state index contributed by atoms with van der Waals surface area (Å²) in [5.41, 5.74) is 0.743. The van der Waals surface area contributed by atoms with Crippen LogP contribution in [-0.4, -0.2) is 26.5 Å². The fourth-order valence-corrected chi connectivity index (χ4v) is 5.90. The standard InChI is InChI=1S/C18H14BrClF3NO3S2/c19-12(9-11-5-7-13(8-6-11)27-18(21,22)23)10-24(29(25)26)17-16(20)14-3-1-2-4-15(14)28-17/h1-8,12H,9-10H2,(H,25,26). The summed E-state index contributed by atoms with van der Waals surface area (Å²) in [6.07, 6.45) is -4.32. The van der Waals surface area contributed by atoms with E-state index in [9.17, 15) is 21.9 Å². The number of alkyl halides is 4. The molecule has 156 valence electrons. The number of fused-ring (bicyclic) bond motifs is 1. The van der Waals surface area contributed by atoms with Crippen molar-refractivity contribution in [3.8, 4) is 5.75 Å². The molecule has 0 radical (unpaired) electrons. The molecule has 0 saturated carbocycles. The van der Waals surface area contributed by atoms with E-state index in [1.54, 1.807) is 0 Å². The van der Waals surface area contributed by atoms with Gasteiger partial charge in [-0.05, 0) is 30.2 Å². The lowest BCUT2D eigenvalue weighted by Crippen LogP contribution is -2.31. The molecule has 1 heterocycles. The summed E-state index contributed by atoms with van der Waals surface area (Å²) in [5.74, 6) is -0.303. The normalized spacial score (nSPS) is 14.0. The van der Waals surface area contributed by atoms with Gasteiger partial charge in [-0.1, -0.05) is 57.9 Å². The molecule has 0 amide bonds. The molecule has 0 aliphatic rings. The Balaban J connectivity index is 1.72. The van der Waals surface area contributed by atoms with Gasteiger partial charge < -0.3 is 4.74 Å². The van der Waals surface area contributed by atoms with Crippen LogP contribution in [0, 0.1) is 0 Å². The van der Waals surface area contributed by atoms with E-state index in [1.165, 1.54) is 39.9 Å². The Morgan fingerprint density at radius 1 is 1.21 bits per heavy atom. The Bertz CT molecular complexity index is 1010. The van der Waals surface area contributed by atoms with Crippen molar-refractivity contribution in [1.82, 2.24) is 0 Å². The maximum Gasteiger partial charge on any atom is 0.573 e. The topological polar surface area (TPSA) is 49.8 Å². The lowest BCUT2D eigenvalue weighted by molar-refractivity contribution is -0.274. The van der Waals surface area contributed by atoms with Crippen molar-refractivity contribution in [3.05, 3.63) is 59.1 Å². The maximum absolute atomic E-state index is 12.2. The molecule has 0 aliphatic carbocycles. The Morgan fingerprint density at radius 2 is 1.86 bits per heavy atom. The molecule has 1 aromatic heterocycles. The minimum absolute atomic E-state index is 0.163. The fourth-order valence-electron chi connectivity index (χ4n) is 2.71. The van der Waals surface area contributed by atoms with Gasteiger partial charge in [0.05, 0.1) is 5.02 Å². The highest BCUT2D eigenvalue weighted by atomic mass is 79.9.